The van der Waals surface area contributed by atoms with Crippen molar-refractivity contribution >= 4 is 11.5 Å². The SMILES string of the molecule is CC(CO)Nc1ccc(N)c(OCC2CC2)n1. The van der Waals surface area contributed by atoms with Gasteiger partial charge in [0.05, 0.1) is 18.9 Å². The molecule has 1 saturated carbocycles. The Kier molecular flexibility index (Phi) is 3.68. The zero-order valence-electron chi connectivity index (χ0n) is 10.0. The summed E-state index contributed by atoms with van der Waals surface area (Å²) in [6, 6.07) is 3.51. The van der Waals surface area contributed by atoms with Crippen molar-refractivity contribution < 1.29 is 9.84 Å². The molecular weight excluding hydrogens is 218 g/mol. The van der Waals surface area contributed by atoms with Crippen molar-refractivity contribution in [1.82, 2.24) is 4.98 Å². The summed E-state index contributed by atoms with van der Waals surface area (Å²) in [6.45, 7) is 2.63. The van der Waals surface area contributed by atoms with Gasteiger partial charge >= 0.3 is 0 Å². The second-order valence-electron chi connectivity index (χ2n) is 4.57. The Labute approximate surface area is 101 Å². The Morgan fingerprint density at radius 3 is 3.00 bits per heavy atom. The summed E-state index contributed by atoms with van der Waals surface area (Å²) in [6.07, 6.45) is 2.47. The molecule has 2 rings (SSSR count). The normalized spacial score (nSPS) is 16.6. The number of anilines is 2. The van der Waals surface area contributed by atoms with Crippen LogP contribution < -0.4 is 15.8 Å². The molecule has 1 heterocycles. The molecule has 0 radical (unpaired) electrons. The minimum atomic E-state index is -0.0394. The Balaban J connectivity index is 1.99. The third kappa shape index (κ3) is 3.49. The predicted octanol–water partition coefficient (Wildman–Crippen LogP) is 1.25. The van der Waals surface area contributed by atoms with Crippen LogP contribution in [0.4, 0.5) is 11.5 Å². The first kappa shape index (κ1) is 12.0. The van der Waals surface area contributed by atoms with Gasteiger partial charge in [-0.2, -0.15) is 4.98 Å². The van der Waals surface area contributed by atoms with Crippen LogP contribution in [0.25, 0.3) is 0 Å². The van der Waals surface area contributed by atoms with Crippen molar-refractivity contribution in [2.45, 2.75) is 25.8 Å². The Hall–Kier alpha value is -1.49. The highest BCUT2D eigenvalue weighted by molar-refractivity contribution is 5.53. The molecule has 0 saturated heterocycles. The highest BCUT2D eigenvalue weighted by Gasteiger charge is 2.22. The Morgan fingerprint density at radius 1 is 1.59 bits per heavy atom. The maximum atomic E-state index is 8.96. The Bertz CT molecular complexity index is 380. The summed E-state index contributed by atoms with van der Waals surface area (Å²) >= 11 is 0. The average Bonchev–Trinajstić information content (AvgIpc) is 3.13. The number of aromatic nitrogens is 1. The van der Waals surface area contributed by atoms with E-state index >= 15 is 0 Å². The molecule has 0 aliphatic heterocycles. The van der Waals surface area contributed by atoms with E-state index in [1.807, 2.05) is 6.92 Å². The third-order valence-electron chi connectivity index (χ3n) is 2.71. The fourth-order valence-corrected chi connectivity index (χ4v) is 1.43. The molecule has 1 aromatic rings. The lowest BCUT2D eigenvalue weighted by molar-refractivity contribution is 0.280. The van der Waals surface area contributed by atoms with Gasteiger partial charge in [0.1, 0.15) is 5.82 Å². The minimum Gasteiger partial charge on any atom is -0.476 e. The number of nitrogen functional groups attached to an aromatic ring is 1. The molecule has 0 amide bonds. The smallest absolute Gasteiger partial charge is 0.239 e. The molecule has 17 heavy (non-hydrogen) atoms. The number of pyridine rings is 1. The summed E-state index contributed by atoms with van der Waals surface area (Å²) < 4.78 is 5.58. The van der Waals surface area contributed by atoms with E-state index in [0.29, 0.717) is 29.9 Å². The summed E-state index contributed by atoms with van der Waals surface area (Å²) in [5.41, 5.74) is 6.34. The van der Waals surface area contributed by atoms with Crippen molar-refractivity contribution in [1.29, 1.82) is 0 Å². The number of nitrogens with one attached hydrogen (secondary N) is 1. The largest absolute Gasteiger partial charge is 0.476 e. The van der Waals surface area contributed by atoms with Gasteiger partial charge in [-0.05, 0) is 37.8 Å². The molecule has 1 aromatic heterocycles. The fraction of sp³-hybridized carbons (Fsp3) is 0.583. The van der Waals surface area contributed by atoms with Gasteiger partial charge in [0.2, 0.25) is 5.88 Å². The molecule has 5 heteroatoms. The molecule has 1 fully saturated rings. The molecule has 1 atom stereocenters. The first-order valence-electron chi connectivity index (χ1n) is 5.95. The summed E-state index contributed by atoms with van der Waals surface area (Å²) in [7, 11) is 0. The lowest BCUT2D eigenvalue weighted by atomic mass is 10.3. The predicted molar refractivity (Wildman–Crippen MR) is 67.0 cm³/mol. The van der Waals surface area contributed by atoms with E-state index < -0.39 is 0 Å². The standard InChI is InChI=1S/C12H19N3O2/c1-8(6-16)14-11-5-4-10(13)12(15-11)17-7-9-2-3-9/h4-5,8-9,16H,2-3,6-7,13H2,1H3,(H,14,15). The van der Waals surface area contributed by atoms with Gasteiger partial charge in [0.25, 0.3) is 0 Å². The van der Waals surface area contributed by atoms with Crippen LogP contribution in [0.3, 0.4) is 0 Å². The fourth-order valence-electron chi connectivity index (χ4n) is 1.43. The topological polar surface area (TPSA) is 80.4 Å². The number of nitrogens with two attached hydrogens (primary N) is 1. The van der Waals surface area contributed by atoms with E-state index in [1.165, 1.54) is 12.8 Å². The van der Waals surface area contributed by atoms with Crippen LogP contribution in [0.15, 0.2) is 12.1 Å². The number of aliphatic hydroxyl groups is 1. The van der Waals surface area contributed by atoms with Gasteiger partial charge in [-0.15, -0.1) is 0 Å². The number of hydrogen-bond acceptors (Lipinski definition) is 5. The molecule has 0 spiro atoms. The Morgan fingerprint density at radius 2 is 2.35 bits per heavy atom. The monoisotopic (exact) mass is 237 g/mol. The van der Waals surface area contributed by atoms with Crippen molar-refractivity contribution in [3.8, 4) is 5.88 Å². The van der Waals surface area contributed by atoms with Crippen molar-refractivity contribution in [2.24, 2.45) is 5.92 Å². The average molecular weight is 237 g/mol. The van der Waals surface area contributed by atoms with Crippen LogP contribution in [0.1, 0.15) is 19.8 Å². The first-order valence-corrected chi connectivity index (χ1v) is 5.95. The van der Waals surface area contributed by atoms with Gasteiger partial charge in [-0.3, -0.25) is 0 Å². The molecular formula is C12H19N3O2. The third-order valence-corrected chi connectivity index (χ3v) is 2.71. The van der Waals surface area contributed by atoms with Gasteiger partial charge in [0.15, 0.2) is 0 Å². The lowest BCUT2D eigenvalue weighted by Crippen LogP contribution is -2.20. The van der Waals surface area contributed by atoms with Crippen LogP contribution in [-0.4, -0.2) is 29.3 Å². The maximum absolute atomic E-state index is 8.96. The van der Waals surface area contributed by atoms with E-state index in [2.05, 4.69) is 10.3 Å². The van der Waals surface area contributed by atoms with Gasteiger partial charge in [0, 0.05) is 6.04 Å². The number of ether oxygens (including phenoxy) is 1. The number of nitrogens with zero attached hydrogens (tertiary/aromatic N) is 1. The van der Waals surface area contributed by atoms with Crippen molar-refractivity contribution in [2.75, 3.05) is 24.3 Å². The van der Waals surface area contributed by atoms with Gasteiger partial charge in [-0.25, -0.2) is 0 Å². The molecule has 4 N–H and O–H groups in total. The maximum Gasteiger partial charge on any atom is 0.239 e. The molecule has 0 aromatic carbocycles. The first-order chi connectivity index (χ1) is 8.19. The minimum absolute atomic E-state index is 0.0394. The second kappa shape index (κ2) is 5.23. The number of aliphatic hydroxyl groups excluding tert-OH is 1. The van der Waals surface area contributed by atoms with Crippen molar-refractivity contribution in [3.05, 3.63) is 12.1 Å². The van der Waals surface area contributed by atoms with Gasteiger partial charge < -0.3 is 20.9 Å². The zero-order chi connectivity index (χ0) is 12.3. The van der Waals surface area contributed by atoms with Crippen LogP contribution >= 0.6 is 0 Å². The van der Waals surface area contributed by atoms with E-state index in [1.54, 1.807) is 12.1 Å². The summed E-state index contributed by atoms with van der Waals surface area (Å²) in [5, 5.41) is 12.0. The molecule has 0 bridgehead atoms. The summed E-state index contributed by atoms with van der Waals surface area (Å²) in [4.78, 5) is 4.29. The van der Waals surface area contributed by atoms with Crippen molar-refractivity contribution in [3.63, 3.8) is 0 Å². The van der Waals surface area contributed by atoms with Gasteiger partial charge in [-0.1, -0.05) is 0 Å². The highest BCUT2D eigenvalue weighted by Crippen LogP contribution is 2.30. The quantitative estimate of drug-likeness (QED) is 0.693. The van der Waals surface area contributed by atoms with Crippen LogP contribution in [0.2, 0.25) is 0 Å². The van der Waals surface area contributed by atoms with Crippen LogP contribution in [-0.2, 0) is 0 Å². The number of hydrogen-bond donors (Lipinski definition) is 3. The molecule has 94 valence electrons. The molecule has 1 aliphatic rings. The second-order valence-corrected chi connectivity index (χ2v) is 4.57. The summed E-state index contributed by atoms with van der Waals surface area (Å²) in [5.74, 6) is 1.82. The van der Waals surface area contributed by atoms with Crippen LogP contribution in [0.5, 0.6) is 5.88 Å². The van der Waals surface area contributed by atoms with E-state index in [9.17, 15) is 0 Å². The molecule has 1 aliphatic carbocycles. The lowest BCUT2D eigenvalue weighted by Gasteiger charge is -2.13. The number of rotatable bonds is 6. The van der Waals surface area contributed by atoms with E-state index in [-0.39, 0.29) is 12.6 Å². The van der Waals surface area contributed by atoms with E-state index in [4.69, 9.17) is 15.6 Å². The highest BCUT2D eigenvalue weighted by atomic mass is 16.5. The molecule has 5 nitrogen and oxygen atoms in total. The van der Waals surface area contributed by atoms with Crippen LogP contribution in [0, 0.1) is 5.92 Å². The van der Waals surface area contributed by atoms with E-state index in [0.717, 1.165) is 0 Å². The zero-order valence-corrected chi connectivity index (χ0v) is 10.0. The molecule has 1 unspecified atom stereocenters.